The number of anilines is 1. The Bertz CT molecular complexity index is 524. The topological polar surface area (TPSA) is 49.8 Å². The van der Waals surface area contributed by atoms with Crippen LogP contribution in [0.2, 0.25) is 0 Å². The summed E-state index contributed by atoms with van der Waals surface area (Å²) in [6, 6.07) is 5.77. The summed E-state index contributed by atoms with van der Waals surface area (Å²) < 4.78 is 5.43. The number of benzene rings is 1. The van der Waals surface area contributed by atoms with E-state index in [1.165, 1.54) is 0 Å². The average molecular weight is 277 g/mol. The first kappa shape index (κ1) is 14.9. The van der Waals surface area contributed by atoms with Crippen molar-refractivity contribution in [2.24, 2.45) is 0 Å². The molecule has 4 heteroatoms. The van der Waals surface area contributed by atoms with Gasteiger partial charge in [0.2, 0.25) is 0 Å². The van der Waals surface area contributed by atoms with Crippen molar-refractivity contribution < 1.29 is 14.6 Å². The van der Waals surface area contributed by atoms with Gasteiger partial charge in [-0.1, -0.05) is 12.1 Å². The molecule has 1 aliphatic heterocycles. The number of rotatable bonds is 1. The van der Waals surface area contributed by atoms with Crippen LogP contribution in [-0.4, -0.2) is 23.3 Å². The summed E-state index contributed by atoms with van der Waals surface area (Å²) in [5.74, 6) is 0. The minimum atomic E-state index is -0.919. The van der Waals surface area contributed by atoms with Gasteiger partial charge in [0, 0.05) is 6.54 Å². The van der Waals surface area contributed by atoms with E-state index in [-0.39, 0.29) is 6.09 Å². The molecule has 0 aliphatic carbocycles. The van der Waals surface area contributed by atoms with Crippen molar-refractivity contribution in [2.75, 3.05) is 11.4 Å². The van der Waals surface area contributed by atoms with Gasteiger partial charge in [0.25, 0.3) is 0 Å². The number of aliphatic hydroxyl groups is 1. The van der Waals surface area contributed by atoms with Crippen LogP contribution in [0.3, 0.4) is 0 Å². The standard InChI is InChI=1S/C16H23NO3/c1-15(2,3)20-14(18)17-9-8-11-6-7-12(10-13(11)17)16(4,5)19/h6-7,10,19H,8-9H2,1-5H3. The van der Waals surface area contributed by atoms with Crippen molar-refractivity contribution in [1.82, 2.24) is 0 Å². The Hall–Kier alpha value is -1.55. The highest BCUT2D eigenvalue weighted by atomic mass is 16.6. The van der Waals surface area contributed by atoms with Gasteiger partial charge in [-0.3, -0.25) is 4.90 Å². The Morgan fingerprint density at radius 2 is 1.90 bits per heavy atom. The molecule has 4 nitrogen and oxygen atoms in total. The zero-order valence-corrected chi connectivity index (χ0v) is 12.9. The van der Waals surface area contributed by atoms with Crippen molar-refractivity contribution in [1.29, 1.82) is 0 Å². The zero-order valence-electron chi connectivity index (χ0n) is 12.9. The summed E-state index contributed by atoms with van der Waals surface area (Å²) in [6.07, 6.45) is 0.491. The van der Waals surface area contributed by atoms with Crippen molar-refractivity contribution >= 4 is 11.8 Å². The van der Waals surface area contributed by atoms with Gasteiger partial charge in [-0.15, -0.1) is 0 Å². The molecule has 0 fully saturated rings. The van der Waals surface area contributed by atoms with Crippen molar-refractivity contribution in [3.8, 4) is 0 Å². The van der Waals surface area contributed by atoms with Crippen LogP contribution in [0.15, 0.2) is 18.2 Å². The van der Waals surface area contributed by atoms with E-state index in [9.17, 15) is 9.90 Å². The summed E-state index contributed by atoms with van der Waals surface area (Å²) in [6.45, 7) is 9.67. The van der Waals surface area contributed by atoms with Crippen LogP contribution < -0.4 is 4.90 Å². The van der Waals surface area contributed by atoms with E-state index in [1.807, 2.05) is 39.0 Å². The summed E-state index contributed by atoms with van der Waals surface area (Å²) in [4.78, 5) is 13.9. The SMILES string of the molecule is CC(C)(C)OC(=O)N1CCc2ccc(C(C)(C)O)cc21. The van der Waals surface area contributed by atoms with Crippen LogP contribution in [0.4, 0.5) is 10.5 Å². The van der Waals surface area contributed by atoms with E-state index >= 15 is 0 Å². The van der Waals surface area contributed by atoms with Crippen LogP contribution in [0.5, 0.6) is 0 Å². The van der Waals surface area contributed by atoms with Crippen molar-refractivity contribution in [3.05, 3.63) is 29.3 Å². The van der Waals surface area contributed by atoms with Gasteiger partial charge in [0.15, 0.2) is 0 Å². The summed E-state index contributed by atoms with van der Waals surface area (Å²) >= 11 is 0. The van der Waals surface area contributed by atoms with Crippen molar-refractivity contribution in [3.63, 3.8) is 0 Å². The molecule has 1 aromatic rings. The molecular formula is C16H23NO3. The fourth-order valence-electron chi connectivity index (χ4n) is 2.27. The van der Waals surface area contributed by atoms with E-state index in [0.29, 0.717) is 6.54 Å². The number of carbonyl (C=O) groups excluding carboxylic acids is 1. The third kappa shape index (κ3) is 3.12. The smallest absolute Gasteiger partial charge is 0.414 e. The molecular weight excluding hydrogens is 254 g/mol. The number of hydrogen-bond acceptors (Lipinski definition) is 3. The van der Waals surface area contributed by atoms with Crippen LogP contribution in [-0.2, 0) is 16.8 Å². The molecule has 0 atom stereocenters. The largest absolute Gasteiger partial charge is 0.443 e. The second-order valence-corrected chi connectivity index (χ2v) is 6.78. The number of fused-ring (bicyclic) bond motifs is 1. The third-order valence-corrected chi connectivity index (χ3v) is 3.30. The average Bonchev–Trinajstić information content (AvgIpc) is 2.67. The van der Waals surface area contributed by atoms with Crippen LogP contribution in [0.25, 0.3) is 0 Å². The molecule has 1 amide bonds. The van der Waals surface area contributed by atoms with E-state index in [4.69, 9.17) is 4.74 Å². The molecule has 0 radical (unpaired) electrons. The Morgan fingerprint density at radius 1 is 1.25 bits per heavy atom. The molecule has 1 N–H and O–H groups in total. The number of nitrogens with zero attached hydrogens (tertiary/aromatic N) is 1. The quantitative estimate of drug-likeness (QED) is 0.857. The molecule has 1 aromatic carbocycles. The molecule has 1 heterocycles. The van der Waals surface area contributed by atoms with Gasteiger partial charge in [0.05, 0.1) is 11.3 Å². The third-order valence-electron chi connectivity index (χ3n) is 3.30. The lowest BCUT2D eigenvalue weighted by atomic mass is 9.96. The Balaban J connectivity index is 2.29. The first-order valence-electron chi connectivity index (χ1n) is 6.94. The Kier molecular flexibility index (Phi) is 3.54. The number of amides is 1. The van der Waals surface area contributed by atoms with Crippen molar-refractivity contribution in [2.45, 2.75) is 52.2 Å². The lowest BCUT2D eigenvalue weighted by Gasteiger charge is -2.26. The first-order valence-corrected chi connectivity index (χ1v) is 6.94. The summed E-state index contributed by atoms with van der Waals surface area (Å²) in [5, 5.41) is 10.1. The zero-order chi connectivity index (χ0) is 15.1. The highest BCUT2D eigenvalue weighted by Crippen LogP contribution is 2.33. The number of hydrogen-bond donors (Lipinski definition) is 1. The lowest BCUT2D eigenvalue weighted by molar-refractivity contribution is 0.0582. The molecule has 110 valence electrons. The normalized spacial score (nSPS) is 15.2. The molecule has 2 rings (SSSR count). The highest BCUT2D eigenvalue weighted by molar-refractivity contribution is 5.90. The van der Waals surface area contributed by atoms with Gasteiger partial charge in [0.1, 0.15) is 5.60 Å². The summed E-state index contributed by atoms with van der Waals surface area (Å²) in [7, 11) is 0. The maximum Gasteiger partial charge on any atom is 0.414 e. The van der Waals surface area contributed by atoms with E-state index in [1.54, 1.807) is 18.7 Å². The van der Waals surface area contributed by atoms with Crippen LogP contribution >= 0.6 is 0 Å². The van der Waals surface area contributed by atoms with Crippen LogP contribution in [0.1, 0.15) is 45.7 Å². The minimum absolute atomic E-state index is 0.329. The van der Waals surface area contributed by atoms with Gasteiger partial charge in [-0.25, -0.2) is 4.79 Å². The predicted octanol–water partition coefficient (Wildman–Crippen LogP) is 3.21. The second-order valence-electron chi connectivity index (χ2n) is 6.78. The molecule has 1 aliphatic rings. The molecule has 0 spiro atoms. The molecule has 0 unspecified atom stereocenters. The molecule has 20 heavy (non-hydrogen) atoms. The molecule has 0 saturated carbocycles. The lowest BCUT2D eigenvalue weighted by Crippen LogP contribution is -2.35. The molecule has 0 bridgehead atoms. The number of ether oxygens (including phenoxy) is 1. The number of carbonyl (C=O) groups is 1. The van der Waals surface area contributed by atoms with Crippen LogP contribution in [0, 0.1) is 0 Å². The summed E-state index contributed by atoms with van der Waals surface area (Å²) in [5.41, 5.74) is 1.33. The van der Waals surface area contributed by atoms with E-state index in [2.05, 4.69) is 0 Å². The highest BCUT2D eigenvalue weighted by Gasteiger charge is 2.30. The first-order chi connectivity index (χ1) is 9.08. The minimum Gasteiger partial charge on any atom is -0.443 e. The fraction of sp³-hybridized carbons (Fsp3) is 0.562. The molecule has 0 saturated heterocycles. The van der Waals surface area contributed by atoms with Gasteiger partial charge < -0.3 is 9.84 Å². The van der Waals surface area contributed by atoms with Gasteiger partial charge in [-0.05, 0) is 58.2 Å². The van der Waals surface area contributed by atoms with Gasteiger partial charge in [-0.2, -0.15) is 0 Å². The van der Waals surface area contributed by atoms with E-state index < -0.39 is 11.2 Å². The fourth-order valence-corrected chi connectivity index (χ4v) is 2.27. The van der Waals surface area contributed by atoms with E-state index in [0.717, 1.165) is 23.2 Å². The Labute approximate surface area is 120 Å². The predicted molar refractivity (Wildman–Crippen MR) is 79.0 cm³/mol. The monoisotopic (exact) mass is 277 g/mol. The Morgan fingerprint density at radius 3 is 2.45 bits per heavy atom. The maximum absolute atomic E-state index is 12.2. The van der Waals surface area contributed by atoms with Gasteiger partial charge >= 0.3 is 6.09 Å². The second kappa shape index (κ2) is 4.77. The maximum atomic E-state index is 12.2. The molecule has 0 aromatic heterocycles.